The highest BCUT2D eigenvalue weighted by molar-refractivity contribution is 5.80. The predicted octanol–water partition coefficient (Wildman–Crippen LogP) is 4.53. The lowest BCUT2D eigenvalue weighted by atomic mass is 10.0. The summed E-state index contributed by atoms with van der Waals surface area (Å²) >= 11 is 0. The average molecular weight is 388 g/mol. The van der Waals surface area contributed by atoms with Crippen LogP contribution in [0.5, 0.6) is 0 Å². The number of aryl methyl sites for hydroxylation is 3. The van der Waals surface area contributed by atoms with Gasteiger partial charge in [0, 0.05) is 37.4 Å². The van der Waals surface area contributed by atoms with Gasteiger partial charge in [-0.3, -0.25) is 4.79 Å². The van der Waals surface area contributed by atoms with E-state index in [4.69, 9.17) is 0 Å². The van der Waals surface area contributed by atoms with Crippen molar-refractivity contribution in [1.82, 2.24) is 14.5 Å². The van der Waals surface area contributed by atoms with Crippen molar-refractivity contribution in [3.05, 3.63) is 89.0 Å². The number of nitrogens with zero attached hydrogens (tertiary/aromatic N) is 3. The maximum absolute atomic E-state index is 12.9. The van der Waals surface area contributed by atoms with Crippen LogP contribution in [0, 0.1) is 19.8 Å². The molecule has 1 aliphatic rings. The van der Waals surface area contributed by atoms with E-state index in [1.807, 2.05) is 17.4 Å². The molecule has 1 aliphatic heterocycles. The van der Waals surface area contributed by atoms with Crippen LogP contribution in [0.25, 0.3) is 0 Å². The summed E-state index contributed by atoms with van der Waals surface area (Å²) in [5.74, 6) is 0.429. The molecule has 2 heterocycles. The van der Waals surface area contributed by atoms with E-state index in [1.54, 1.807) is 0 Å². The van der Waals surface area contributed by atoms with Gasteiger partial charge in [0.1, 0.15) is 0 Å². The Hall–Kier alpha value is -2.88. The molecule has 4 heteroatoms. The smallest absolute Gasteiger partial charge is 0.226 e. The number of benzene rings is 2. The maximum Gasteiger partial charge on any atom is 0.226 e. The minimum absolute atomic E-state index is 0.127. The minimum Gasteiger partial charge on any atom is -0.338 e. The zero-order chi connectivity index (χ0) is 20.2. The molecule has 1 fully saturated rings. The number of carbonyl (C=O) groups is 1. The van der Waals surface area contributed by atoms with Gasteiger partial charge in [-0.2, -0.15) is 0 Å². The number of hydrogen-bond acceptors (Lipinski definition) is 2. The first kappa shape index (κ1) is 19.4. The summed E-state index contributed by atoms with van der Waals surface area (Å²) in [6.45, 7) is 6.61. The van der Waals surface area contributed by atoms with Gasteiger partial charge >= 0.3 is 0 Å². The van der Waals surface area contributed by atoms with Crippen molar-refractivity contribution < 1.29 is 4.79 Å². The molecule has 0 N–H and O–H groups in total. The van der Waals surface area contributed by atoms with Gasteiger partial charge in [-0.05, 0) is 44.2 Å². The number of carbonyl (C=O) groups excluding carboxylic acids is 1. The Balaban J connectivity index is 1.33. The molecule has 0 radical (unpaired) electrons. The van der Waals surface area contributed by atoms with Crippen molar-refractivity contribution in [2.45, 2.75) is 46.2 Å². The van der Waals surface area contributed by atoms with E-state index >= 15 is 0 Å². The normalized spacial score (nSPS) is 16.6. The van der Waals surface area contributed by atoms with Crippen molar-refractivity contribution in [1.29, 1.82) is 0 Å². The second-order valence-corrected chi connectivity index (χ2v) is 8.27. The molecule has 1 saturated heterocycles. The van der Waals surface area contributed by atoms with Crippen LogP contribution in [0.3, 0.4) is 0 Å². The number of rotatable bonds is 7. The lowest BCUT2D eigenvalue weighted by Gasteiger charge is -2.17. The van der Waals surface area contributed by atoms with Gasteiger partial charge < -0.3 is 9.47 Å². The zero-order valence-electron chi connectivity index (χ0n) is 17.3. The Morgan fingerprint density at radius 3 is 2.62 bits per heavy atom. The molecule has 3 aromatic rings. The van der Waals surface area contributed by atoms with Crippen LogP contribution >= 0.6 is 0 Å². The van der Waals surface area contributed by atoms with Crippen molar-refractivity contribution in [2.75, 3.05) is 6.54 Å². The summed E-state index contributed by atoms with van der Waals surface area (Å²) in [7, 11) is 0. The minimum atomic E-state index is 0.127. The molecule has 0 spiro atoms. The van der Waals surface area contributed by atoms with Crippen LogP contribution in [0.15, 0.2) is 61.1 Å². The lowest BCUT2D eigenvalue weighted by molar-refractivity contribution is -0.131. The average Bonchev–Trinajstić information content (AvgIpc) is 3.29. The van der Waals surface area contributed by atoms with Crippen LogP contribution in [0.2, 0.25) is 0 Å². The molecule has 1 amide bonds. The molecule has 4 rings (SSSR count). The third-order valence-electron chi connectivity index (χ3n) is 5.89. The molecular formula is C25H29N3O. The van der Waals surface area contributed by atoms with Crippen LogP contribution in [-0.4, -0.2) is 26.9 Å². The second-order valence-electron chi connectivity index (χ2n) is 8.27. The van der Waals surface area contributed by atoms with E-state index < -0.39 is 0 Å². The molecule has 0 bridgehead atoms. The van der Waals surface area contributed by atoms with Gasteiger partial charge in [-0.25, -0.2) is 4.98 Å². The van der Waals surface area contributed by atoms with Crippen LogP contribution in [0.1, 0.15) is 40.8 Å². The van der Waals surface area contributed by atoms with Gasteiger partial charge in [0.05, 0.1) is 6.33 Å². The highest BCUT2D eigenvalue weighted by atomic mass is 16.2. The van der Waals surface area contributed by atoms with Gasteiger partial charge in [0.2, 0.25) is 5.91 Å². The second kappa shape index (κ2) is 8.64. The molecule has 29 heavy (non-hydrogen) atoms. The quantitative estimate of drug-likeness (QED) is 0.597. The summed E-state index contributed by atoms with van der Waals surface area (Å²) < 4.78 is 2.20. The standard InChI is InChI=1S/C25H29N3O/c1-19-6-8-21(9-7-19)16-28-18-26-15-24(28)11-10-23-12-13-27(25(23)29)17-22-5-3-4-20(2)14-22/h3-9,14-15,18,23H,10-13,16-17H2,1-2H3/t23-/m0/s1. The molecule has 0 aliphatic carbocycles. The topological polar surface area (TPSA) is 38.1 Å². The third-order valence-corrected chi connectivity index (χ3v) is 5.89. The fourth-order valence-corrected chi connectivity index (χ4v) is 4.17. The summed E-state index contributed by atoms with van der Waals surface area (Å²) in [4.78, 5) is 19.2. The van der Waals surface area contributed by atoms with Crippen molar-refractivity contribution in [3.8, 4) is 0 Å². The van der Waals surface area contributed by atoms with E-state index in [1.165, 1.54) is 27.9 Å². The number of hydrogen-bond donors (Lipinski definition) is 0. The van der Waals surface area contributed by atoms with Crippen LogP contribution in [0.4, 0.5) is 0 Å². The molecule has 0 saturated carbocycles. The van der Waals surface area contributed by atoms with Crippen molar-refractivity contribution in [2.24, 2.45) is 5.92 Å². The first-order valence-corrected chi connectivity index (χ1v) is 10.5. The zero-order valence-corrected chi connectivity index (χ0v) is 17.3. The Morgan fingerprint density at radius 2 is 1.83 bits per heavy atom. The molecule has 2 aromatic carbocycles. The van der Waals surface area contributed by atoms with E-state index in [0.29, 0.717) is 5.91 Å². The first-order valence-electron chi connectivity index (χ1n) is 10.5. The van der Waals surface area contributed by atoms with Gasteiger partial charge in [0.15, 0.2) is 0 Å². The summed E-state index contributed by atoms with van der Waals surface area (Å²) in [6, 6.07) is 17.1. The SMILES string of the molecule is Cc1ccc(Cn2cncc2CC[C@H]2CCN(Cc3cccc(C)c3)C2=O)cc1. The van der Waals surface area contributed by atoms with E-state index in [9.17, 15) is 4.79 Å². The number of likely N-dealkylation sites (tertiary alicyclic amines) is 1. The molecule has 0 unspecified atom stereocenters. The van der Waals surface area contributed by atoms with Gasteiger partial charge in [0.25, 0.3) is 0 Å². The Bertz CT molecular complexity index is 974. The van der Waals surface area contributed by atoms with Gasteiger partial charge in [-0.15, -0.1) is 0 Å². The van der Waals surface area contributed by atoms with Crippen LogP contribution < -0.4 is 0 Å². The number of aromatic nitrogens is 2. The molecule has 1 atom stereocenters. The van der Waals surface area contributed by atoms with Crippen LogP contribution in [-0.2, 0) is 24.3 Å². The predicted molar refractivity (Wildman–Crippen MR) is 116 cm³/mol. The maximum atomic E-state index is 12.9. The van der Waals surface area contributed by atoms with E-state index in [0.717, 1.165) is 38.9 Å². The summed E-state index contributed by atoms with van der Waals surface area (Å²) in [6.07, 6.45) is 6.58. The summed E-state index contributed by atoms with van der Waals surface area (Å²) in [5, 5.41) is 0. The Kier molecular flexibility index (Phi) is 5.79. The lowest BCUT2D eigenvalue weighted by Crippen LogP contribution is -2.27. The number of amides is 1. The Morgan fingerprint density at radius 1 is 1.00 bits per heavy atom. The number of imidazole rings is 1. The van der Waals surface area contributed by atoms with Crippen molar-refractivity contribution >= 4 is 5.91 Å². The fourth-order valence-electron chi connectivity index (χ4n) is 4.17. The van der Waals surface area contributed by atoms with E-state index in [2.05, 4.69) is 71.9 Å². The highest BCUT2D eigenvalue weighted by Crippen LogP contribution is 2.25. The van der Waals surface area contributed by atoms with E-state index in [-0.39, 0.29) is 5.92 Å². The first-order chi connectivity index (χ1) is 14.1. The van der Waals surface area contributed by atoms with Crippen molar-refractivity contribution in [3.63, 3.8) is 0 Å². The molecule has 150 valence electrons. The molecule has 1 aromatic heterocycles. The molecular weight excluding hydrogens is 358 g/mol. The summed E-state index contributed by atoms with van der Waals surface area (Å²) in [5.41, 5.74) is 6.21. The molecule has 4 nitrogen and oxygen atoms in total. The third kappa shape index (κ3) is 4.76. The fraction of sp³-hybridized carbons (Fsp3) is 0.360. The highest BCUT2D eigenvalue weighted by Gasteiger charge is 2.31. The Labute approximate surface area is 173 Å². The van der Waals surface area contributed by atoms with Gasteiger partial charge in [-0.1, -0.05) is 59.7 Å². The largest absolute Gasteiger partial charge is 0.338 e. The monoisotopic (exact) mass is 387 g/mol.